The average Bonchev–Trinajstić information content (AvgIpc) is 2.89. The number of carbonyl (C=O) groups excluding carboxylic acids is 1. The zero-order valence-corrected chi connectivity index (χ0v) is 18.4. The molecule has 1 fully saturated rings. The highest BCUT2D eigenvalue weighted by atomic mass is 32.2. The number of rotatable bonds is 9. The average molecular weight is 410 g/mol. The van der Waals surface area contributed by atoms with Crippen molar-refractivity contribution in [2.75, 3.05) is 43.3 Å². The predicted octanol–water partition coefficient (Wildman–Crippen LogP) is 2.84. The molecule has 1 aromatic rings. The molecule has 0 aliphatic carbocycles. The van der Waals surface area contributed by atoms with Crippen molar-refractivity contribution in [3.05, 3.63) is 29.3 Å². The molecule has 1 aliphatic heterocycles. The summed E-state index contributed by atoms with van der Waals surface area (Å²) in [6.45, 7) is 8.07. The van der Waals surface area contributed by atoms with Gasteiger partial charge in [0.1, 0.15) is 0 Å². The molecule has 0 radical (unpaired) electrons. The maximum Gasteiger partial charge on any atom is 0.232 e. The van der Waals surface area contributed by atoms with Crippen LogP contribution in [0.4, 0.5) is 5.69 Å². The van der Waals surface area contributed by atoms with E-state index in [0.29, 0.717) is 31.6 Å². The van der Waals surface area contributed by atoms with Crippen LogP contribution in [0, 0.1) is 13.8 Å². The number of aryl methyl sites for hydroxylation is 2. The minimum Gasteiger partial charge on any atom is -0.355 e. The summed E-state index contributed by atoms with van der Waals surface area (Å²) in [4.78, 5) is 14.5. The van der Waals surface area contributed by atoms with Crippen LogP contribution in [-0.2, 0) is 14.8 Å². The Morgan fingerprint density at radius 1 is 1.11 bits per heavy atom. The minimum atomic E-state index is -3.39. The van der Waals surface area contributed by atoms with Crippen LogP contribution < -0.4 is 9.62 Å². The van der Waals surface area contributed by atoms with E-state index in [0.717, 1.165) is 30.8 Å². The molecule has 1 heterocycles. The second-order valence-electron chi connectivity index (χ2n) is 7.81. The zero-order chi connectivity index (χ0) is 20.6. The van der Waals surface area contributed by atoms with Crippen molar-refractivity contribution in [1.29, 1.82) is 0 Å². The van der Waals surface area contributed by atoms with Crippen molar-refractivity contribution in [3.8, 4) is 0 Å². The van der Waals surface area contributed by atoms with Crippen molar-refractivity contribution in [1.82, 2.24) is 10.2 Å². The lowest BCUT2D eigenvalue weighted by Crippen LogP contribution is -2.36. The van der Waals surface area contributed by atoms with Gasteiger partial charge in [-0.2, -0.15) is 0 Å². The summed E-state index contributed by atoms with van der Waals surface area (Å²) in [5.41, 5.74) is 2.84. The monoisotopic (exact) mass is 409 g/mol. The topological polar surface area (TPSA) is 69.7 Å². The Bertz CT molecular complexity index is 741. The van der Waals surface area contributed by atoms with Crippen molar-refractivity contribution < 1.29 is 13.2 Å². The third-order valence-corrected chi connectivity index (χ3v) is 6.59. The number of anilines is 1. The van der Waals surface area contributed by atoms with Crippen LogP contribution in [0.5, 0.6) is 0 Å². The van der Waals surface area contributed by atoms with E-state index in [1.807, 2.05) is 32.0 Å². The van der Waals surface area contributed by atoms with Gasteiger partial charge in [-0.25, -0.2) is 8.42 Å². The number of amides is 1. The zero-order valence-electron chi connectivity index (χ0n) is 17.5. The first-order valence-electron chi connectivity index (χ1n) is 10.3. The molecule has 1 saturated heterocycles. The van der Waals surface area contributed by atoms with Crippen LogP contribution in [0.2, 0.25) is 0 Å². The van der Waals surface area contributed by atoms with Gasteiger partial charge in [0.15, 0.2) is 0 Å². The van der Waals surface area contributed by atoms with E-state index < -0.39 is 10.0 Å². The standard InChI is InChI=1S/C21H35N3O3S/c1-18-10-11-20(17-19(18)2)24(28(3,26)27)15-8-9-21(25)22-12-16-23-13-6-4-5-7-14-23/h10-11,17H,4-9,12-16H2,1-3H3,(H,22,25). The van der Waals surface area contributed by atoms with Crippen LogP contribution in [0.3, 0.4) is 0 Å². The SMILES string of the molecule is Cc1ccc(N(CCCC(=O)NCCN2CCCCCC2)S(C)(=O)=O)cc1C. The summed E-state index contributed by atoms with van der Waals surface area (Å²) < 4.78 is 25.8. The van der Waals surface area contributed by atoms with Gasteiger partial charge >= 0.3 is 0 Å². The van der Waals surface area contributed by atoms with E-state index in [4.69, 9.17) is 0 Å². The largest absolute Gasteiger partial charge is 0.355 e. The number of likely N-dealkylation sites (tertiary alicyclic amines) is 1. The lowest BCUT2D eigenvalue weighted by Gasteiger charge is -2.23. The van der Waals surface area contributed by atoms with Crippen LogP contribution in [0.1, 0.15) is 49.7 Å². The lowest BCUT2D eigenvalue weighted by molar-refractivity contribution is -0.121. The molecule has 0 aromatic heterocycles. The number of benzene rings is 1. The first-order valence-corrected chi connectivity index (χ1v) is 12.2. The number of carbonyl (C=O) groups is 1. The lowest BCUT2D eigenvalue weighted by atomic mass is 10.1. The molecular weight excluding hydrogens is 374 g/mol. The third kappa shape index (κ3) is 7.43. The number of hydrogen-bond donors (Lipinski definition) is 1. The highest BCUT2D eigenvalue weighted by Gasteiger charge is 2.18. The van der Waals surface area contributed by atoms with E-state index in [2.05, 4.69) is 10.2 Å². The fourth-order valence-corrected chi connectivity index (χ4v) is 4.51. The van der Waals surface area contributed by atoms with E-state index >= 15 is 0 Å². The number of nitrogens with one attached hydrogen (secondary N) is 1. The predicted molar refractivity (Wildman–Crippen MR) is 115 cm³/mol. The minimum absolute atomic E-state index is 0.0108. The first-order chi connectivity index (χ1) is 13.3. The second-order valence-corrected chi connectivity index (χ2v) is 9.72. The Morgan fingerprint density at radius 3 is 2.39 bits per heavy atom. The van der Waals surface area contributed by atoms with Gasteiger partial charge in [0, 0.05) is 26.1 Å². The molecule has 1 N–H and O–H groups in total. The van der Waals surface area contributed by atoms with Crippen LogP contribution in [0.15, 0.2) is 18.2 Å². The van der Waals surface area contributed by atoms with Crippen molar-refractivity contribution in [3.63, 3.8) is 0 Å². The van der Waals surface area contributed by atoms with Gasteiger partial charge in [0.05, 0.1) is 11.9 Å². The Labute approximate surface area is 170 Å². The molecule has 0 spiro atoms. The maximum absolute atomic E-state index is 12.2. The molecule has 1 amide bonds. The van der Waals surface area contributed by atoms with E-state index in [-0.39, 0.29) is 5.91 Å². The summed E-state index contributed by atoms with van der Waals surface area (Å²) >= 11 is 0. The van der Waals surface area contributed by atoms with Gasteiger partial charge in [0.2, 0.25) is 15.9 Å². The molecule has 0 unspecified atom stereocenters. The molecule has 0 atom stereocenters. The fourth-order valence-electron chi connectivity index (χ4n) is 3.55. The molecule has 0 bridgehead atoms. The van der Waals surface area contributed by atoms with Gasteiger partial charge < -0.3 is 10.2 Å². The fraction of sp³-hybridized carbons (Fsp3) is 0.667. The quantitative estimate of drug-likeness (QED) is 0.681. The van der Waals surface area contributed by atoms with E-state index in [1.165, 1.54) is 36.2 Å². The first kappa shape index (κ1) is 22.7. The second kappa shape index (κ2) is 10.8. The summed E-state index contributed by atoms with van der Waals surface area (Å²) in [5, 5.41) is 2.97. The van der Waals surface area contributed by atoms with Gasteiger partial charge in [0.25, 0.3) is 0 Å². The van der Waals surface area contributed by atoms with Crippen molar-refractivity contribution in [2.45, 2.75) is 52.4 Å². The van der Waals surface area contributed by atoms with Crippen LogP contribution in [0.25, 0.3) is 0 Å². The van der Waals surface area contributed by atoms with E-state index in [9.17, 15) is 13.2 Å². The Kier molecular flexibility index (Phi) is 8.76. The van der Waals surface area contributed by atoms with Crippen molar-refractivity contribution >= 4 is 21.6 Å². The summed E-state index contributed by atoms with van der Waals surface area (Å²) in [5.74, 6) is -0.0108. The summed E-state index contributed by atoms with van der Waals surface area (Å²) in [6, 6.07) is 5.64. The Balaban J connectivity index is 1.78. The van der Waals surface area contributed by atoms with Gasteiger partial charge in [-0.05, 0) is 69.5 Å². The van der Waals surface area contributed by atoms with Gasteiger partial charge in [-0.3, -0.25) is 9.10 Å². The molecule has 158 valence electrons. The summed E-state index contributed by atoms with van der Waals surface area (Å²) in [6.07, 6.45) is 7.14. The van der Waals surface area contributed by atoms with Gasteiger partial charge in [-0.15, -0.1) is 0 Å². The molecule has 7 heteroatoms. The number of sulfonamides is 1. The van der Waals surface area contributed by atoms with Crippen LogP contribution in [-0.4, -0.2) is 58.2 Å². The summed E-state index contributed by atoms with van der Waals surface area (Å²) in [7, 11) is -3.39. The number of hydrogen-bond acceptors (Lipinski definition) is 4. The highest BCUT2D eigenvalue weighted by molar-refractivity contribution is 7.92. The molecule has 6 nitrogen and oxygen atoms in total. The Morgan fingerprint density at radius 2 is 1.79 bits per heavy atom. The maximum atomic E-state index is 12.2. The third-order valence-electron chi connectivity index (χ3n) is 5.39. The molecule has 2 rings (SSSR count). The highest BCUT2D eigenvalue weighted by Crippen LogP contribution is 2.21. The molecule has 1 aliphatic rings. The molecule has 0 saturated carbocycles. The van der Waals surface area contributed by atoms with Crippen molar-refractivity contribution in [2.24, 2.45) is 0 Å². The van der Waals surface area contributed by atoms with Crippen LogP contribution >= 0.6 is 0 Å². The molecule has 1 aromatic carbocycles. The number of nitrogens with zero attached hydrogens (tertiary/aromatic N) is 2. The van der Waals surface area contributed by atoms with Gasteiger partial charge in [-0.1, -0.05) is 18.9 Å². The smallest absolute Gasteiger partial charge is 0.232 e. The molecule has 28 heavy (non-hydrogen) atoms. The Hall–Kier alpha value is -1.60. The normalized spacial score (nSPS) is 15.8. The molecular formula is C21H35N3O3S. The van der Waals surface area contributed by atoms with E-state index in [1.54, 1.807) is 0 Å².